The van der Waals surface area contributed by atoms with Gasteiger partial charge in [0.05, 0.1) is 17.2 Å². The lowest BCUT2D eigenvalue weighted by atomic mass is 10.1. The molecule has 4 N–H and O–H groups in total. The van der Waals surface area contributed by atoms with Crippen LogP contribution >= 0.6 is 0 Å². The van der Waals surface area contributed by atoms with Gasteiger partial charge in [0.2, 0.25) is 15.9 Å². The van der Waals surface area contributed by atoms with Crippen LogP contribution in [0, 0.1) is 5.92 Å². The Morgan fingerprint density at radius 1 is 1.13 bits per heavy atom. The molecule has 0 aliphatic heterocycles. The number of hydrogen-bond donors (Lipinski definition) is 4. The van der Waals surface area contributed by atoms with Crippen LogP contribution in [0.15, 0.2) is 29.2 Å². The lowest BCUT2D eigenvalue weighted by Crippen LogP contribution is -2.34. The summed E-state index contributed by atoms with van der Waals surface area (Å²) < 4.78 is 26.1. The predicted octanol–water partition coefficient (Wildman–Crippen LogP) is 0.0988. The molecule has 0 aliphatic rings. The van der Waals surface area contributed by atoms with Gasteiger partial charge in [0.1, 0.15) is 0 Å². The second kappa shape index (κ2) is 7.70. The number of carboxylic acid groups (broad SMARTS) is 2. The summed E-state index contributed by atoms with van der Waals surface area (Å²) >= 11 is 0. The second-order valence-electron chi connectivity index (χ2n) is 4.69. The van der Waals surface area contributed by atoms with E-state index in [0.717, 1.165) is 0 Å². The van der Waals surface area contributed by atoms with Crippen molar-refractivity contribution in [3.8, 4) is 0 Å². The van der Waals surface area contributed by atoms with E-state index in [-0.39, 0.29) is 10.8 Å². The van der Waals surface area contributed by atoms with Crippen LogP contribution in [0.5, 0.6) is 0 Å². The summed E-state index contributed by atoms with van der Waals surface area (Å²) in [5.41, 5.74) is 0.408. The van der Waals surface area contributed by atoms with E-state index in [9.17, 15) is 22.8 Å². The third kappa shape index (κ3) is 6.04. The Morgan fingerprint density at radius 2 is 1.70 bits per heavy atom. The van der Waals surface area contributed by atoms with Crippen LogP contribution in [0.1, 0.15) is 13.3 Å². The van der Waals surface area contributed by atoms with Crippen LogP contribution in [-0.2, 0) is 24.4 Å². The van der Waals surface area contributed by atoms with Crippen molar-refractivity contribution in [2.75, 3.05) is 11.9 Å². The number of aliphatic carboxylic acids is 2. The van der Waals surface area contributed by atoms with Crippen molar-refractivity contribution in [3.63, 3.8) is 0 Å². The first kappa shape index (κ1) is 18.6. The predicted molar refractivity (Wildman–Crippen MR) is 79.3 cm³/mol. The van der Waals surface area contributed by atoms with E-state index >= 15 is 0 Å². The molecule has 1 aromatic carbocycles. The molecular weight excluding hydrogens is 328 g/mol. The summed E-state index contributed by atoms with van der Waals surface area (Å²) in [6, 6.07) is 5.23. The molecule has 1 unspecified atom stereocenters. The molecule has 0 radical (unpaired) electrons. The largest absolute Gasteiger partial charge is 0.481 e. The maximum atomic E-state index is 12.0. The molecule has 0 saturated carbocycles. The summed E-state index contributed by atoms with van der Waals surface area (Å²) in [4.78, 5) is 32.2. The monoisotopic (exact) mass is 344 g/mol. The molecular formula is C13H16N2O7S. The number of nitrogens with one attached hydrogen (secondary N) is 2. The molecule has 1 amide bonds. The highest BCUT2D eigenvalue weighted by Crippen LogP contribution is 2.14. The van der Waals surface area contributed by atoms with Crippen molar-refractivity contribution in [2.45, 2.75) is 18.2 Å². The van der Waals surface area contributed by atoms with Crippen LogP contribution in [0.3, 0.4) is 0 Å². The van der Waals surface area contributed by atoms with E-state index in [1.165, 1.54) is 31.2 Å². The van der Waals surface area contributed by atoms with Crippen molar-refractivity contribution >= 4 is 33.6 Å². The van der Waals surface area contributed by atoms with Gasteiger partial charge in [-0.15, -0.1) is 0 Å². The average Bonchev–Trinajstić information content (AvgIpc) is 2.42. The van der Waals surface area contributed by atoms with Gasteiger partial charge in [-0.3, -0.25) is 14.4 Å². The number of hydrogen-bond acceptors (Lipinski definition) is 5. The first-order valence-electron chi connectivity index (χ1n) is 6.43. The quantitative estimate of drug-likeness (QED) is 0.522. The molecule has 0 saturated heterocycles. The molecule has 0 spiro atoms. The van der Waals surface area contributed by atoms with Gasteiger partial charge in [-0.1, -0.05) is 0 Å². The Bertz CT molecular complexity index is 698. The molecule has 1 aromatic rings. The molecule has 23 heavy (non-hydrogen) atoms. The molecule has 0 bridgehead atoms. The van der Waals surface area contributed by atoms with Crippen LogP contribution in [-0.4, -0.2) is 43.0 Å². The van der Waals surface area contributed by atoms with Gasteiger partial charge in [-0.2, -0.15) is 0 Å². The Hall–Kier alpha value is -2.46. The lowest BCUT2D eigenvalue weighted by Gasteiger charge is -2.12. The van der Waals surface area contributed by atoms with Crippen molar-refractivity contribution in [1.29, 1.82) is 0 Å². The molecule has 1 rings (SSSR count). The zero-order valence-electron chi connectivity index (χ0n) is 12.1. The maximum absolute atomic E-state index is 12.0. The number of sulfonamides is 1. The number of anilines is 1. The SMILES string of the molecule is CC(=O)Nc1ccc(S(=O)(=O)NCC(CC(=O)O)C(=O)O)cc1. The number of amides is 1. The number of rotatable bonds is 8. The van der Waals surface area contributed by atoms with Crippen LogP contribution in [0.2, 0.25) is 0 Å². The smallest absolute Gasteiger partial charge is 0.308 e. The first-order valence-corrected chi connectivity index (χ1v) is 7.92. The Morgan fingerprint density at radius 3 is 2.13 bits per heavy atom. The third-order valence-corrected chi connectivity index (χ3v) is 4.21. The zero-order chi connectivity index (χ0) is 17.6. The van der Waals surface area contributed by atoms with E-state index in [1.807, 2.05) is 0 Å². The van der Waals surface area contributed by atoms with Gasteiger partial charge in [0.25, 0.3) is 0 Å². The van der Waals surface area contributed by atoms with Crippen LogP contribution in [0.25, 0.3) is 0 Å². The van der Waals surface area contributed by atoms with Gasteiger partial charge >= 0.3 is 11.9 Å². The summed E-state index contributed by atoms with van der Waals surface area (Å²) in [6.45, 7) is 0.762. The fourth-order valence-electron chi connectivity index (χ4n) is 1.67. The molecule has 0 fully saturated rings. The minimum absolute atomic E-state index is 0.133. The molecule has 0 aliphatic carbocycles. The number of carbonyl (C=O) groups is 3. The van der Waals surface area contributed by atoms with E-state index in [4.69, 9.17) is 10.2 Å². The molecule has 9 nitrogen and oxygen atoms in total. The van der Waals surface area contributed by atoms with Crippen molar-refractivity contribution in [1.82, 2.24) is 4.72 Å². The van der Waals surface area contributed by atoms with Crippen molar-refractivity contribution in [2.24, 2.45) is 5.92 Å². The minimum Gasteiger partial charge on any atom is -0.481 e. The van der Waals surface area contributed by atoms with Gasteiger partial charge in [0, 0.05) is 19.2 Å². The Kier molecular flexibility index (Phi) is 6.22. The van der Waals surface area contributed by atoms with E-state index < -0.39 is 40.8 Å². The highest BCUT2D eigenvalue weighted by atomic mass is 32.2. The fraction of sp³-hybridized carbons (Fsp3) is 0.308. The van der Waals surface area contributed by atoms with Crippen molar-refractivity contribution in [3.05, 3.63) is 24.3 Å². The molecule has 0 heterocycles. The summed E-state index contributed by atoms with van der Waals surface area (Å²) in [5, 5.41) is 20.0. The average molecular weight is 344 g/mol. The summed E-state index contributed by atoms with van der Waals surface area (Å²) in [6.07, 6.45) is -0.695. The number of carbonyl (C=O) groups excluding carboxylic acids is 1. The molecule has 1 atom stereocenters. The Balaban J connectivity index is 2.80. The van der Waals surface area contributed by atoms with E-state index in [0.29, 0.717) is 5.69 Å². The fourth-order valence-corrected chi connectivity index (χ4v) is 2.75. The van der Waals surface area contributed by atoms with Crippen molar-refractivity contribution < 1.29 is 33.0 Å². The van der Waals surface area contributed by atoms with Gasteiger partial charge in [-0.05, 0) is 24.3 Å². The normalized spacial score (nSPS) is 12.4. The maximum Gasteiger partial charge on any atom is 0.308 e. The summed E-state index contributed by atoms with van der Waals surface area (Å²) in [7, 11) is -3.99. The second-order valence-corrected chi connectivity index (χ2v) is 6.46. The third-order valence-electron chi connectivity index (χ3n) is 2.77. The zero-order valence-corrected chi connectivity index (χ0v) is 13.0. The highest BCUT2D eigenvalue weighted by Gasteiger charge is 2.24. The lowest BCUT2D eigenvalue weighted by molar-refractivity contribution is -0.147. The molecule has 0 aromatic heterocycles. The molecule has 10 heteroatoms. The van der Waals surface area contributed by atoms with Gasteiger partial charge < -0.3 is 15.5 Å². The van der Waals surface area contributed by atoms with Crippen LogP contribution < -0.4 is 10.0 Å². The Labute approximate surface area is 132 Å². The highest BCUT2D eigenvalue weighted by molar-refractivity contribution is 7.89. The van der Waals surface area contributed by atoms with E-state index in [2.05, 4.69) is 10.0 Å². The van der Waals surface area contributed by atoms with E-state index in [1.54, 1.807) is 0 Å². The first-order chi connectivity index (χ1) is 10.6. The number of carboxylic acids is 2. The minimum atomic E-state index is -3.99. The van der Waals surface area contributed by atoms with Gasteiger partial charge in [0.15, 0.2) is 0 Å². The topological polar surface area (TPSA) is 150 Å². The standard InChI is InChI=1S/C13H16N2O7S/c1-8(16)15-10-2-4-11(5-3-10)23(21,22)14-7-9(13(19)20)6-12(17)18/h2-5,9,14H,6-7H2,1H3,(H,15,16)(H,17,18)(H,19,20). The van der Waals surface area contributed by atoms with Crippen LogP contribution in [0.4, 0.5) is 5.69 Å². The number of benzene rings is 1. The van der Waals surface area contributed by atoms with Gasteiger partial charge in [-0.25, -0.2) is 13.1 Å². The summed E-state index contributed by atoms with van der Waals surface area (Å²) in [5.74, 6) is -4.43. The molecule has 126 valence electrons.